The molecule has 0 aliphatic rings. The minimum Gasteiger partial charge on any atom is -0.286 e. The minimum atomic E-state index is -0.120. The van der Waals surface area contributed by atoms with Crippen LogP contribution in [0.5, 0.6) is 0 Å². The van der Waals surface area contributed by atoms with E-state index in [9.17, 15) is 4.79 Å². The molecule has 0 saturated carbocycles. The molecule has 3 aromatic rings. The molecule has 3 rings (SSSR count). The number of thiazole rings is 2. The Labute approximate surface area is 137 Å². The fourth-order valence-electron chi connectivity index (χ4n) is 1.98. The Morgan fingerprint density at radius 3 is 2.55 bits per heavy atom. The lowest BCUT2D eigenvalue weighted by Gasteiger charge is -2.14. The average molecular weight is 331 g/mol. The second kappa shape index (κ2) is 5.44. The largest absolute Gasteiger partial charge is 0.286 e. The van der Waals surface area contributed by atoms with Gasteiger partial charge < -0.3 is 0 Å². The number of anilines is 1. The second-order valence-corrected chi connectivity index (χ2v) is 7.98. The van der Waals surface area contributed by atoms with Gasteiger partial charge in [-0.1, -0.05) is 44.2 Å². The molecule has 6 heteroatoms. The lowest BCUT2D eigenvalue weighted by molar-refractivity contribution is 0.0988. The summed E-state index contributed by atoms with van der Waals surface area (Å²) in [6.07, 6.45) is 0. The number of amides is 1. The van der Waals surface area contributed by atoms with Crippen molar-refractivity contribution in [2.45, 2.75) is 26.2 Å². The van der Waals surface area contributed by atoms with E-state index in [2.05, 4.69) is 30.7 Å². The van der Waals surface area contributed by atoms with Gasteiger partial charge in [0.25, 0.3) is 5.91 Å². The van der Waals surface area contributed by atoms with Crippen LogP contribution in [0.4, 0.5) is 5.13 Å². The van der Waals surface area contributed by atoms with Crippen LogP contribution in [0.3, 0.4) is 0 Å². The van der Waals surface area contributed by atoms with Crippen molar-refractivity contribution in [2.24, 2.45) is 0 Å². The molecule has 0 aliphatic heterocycles. The highest BCUT2D eigenvalue weighted by atomic mass is 32.1. The second-order valence-electron chi connectivity index (χ2n) is 6.12. The molecule has 114 valence electrons. The van der Waals surface area contributed by atoms with Crippen LogP contribution in [-0.4, -0.2) is 22.9 Å². The van der Waals surface area contributed by atoms with E-state index < -0.39 is 0 Å². The summed E-state index contributed by atoms with van der Waals surface area (Å²) in [6.45, 7) is 6.28. The van der Waals surface area contributed by atoms with E-state index in [1.807, 2.05) is 29.6 Å². The quantitative estimate of drug-likeness (QED) is 0.702. The van der Waals surface area contributed by atoms with E-state index in [0.717, 1.165) is 15.2 Å². The van der Waals surface area contributed by atoms with E-state index in [1.54, 1.807) is 11.9 Å². The first kappa shape index (κ1) is 15.1. The molecule has 1 amide bonds. The SMILES string of the molecule is CN(C(=O)c1csc(C(C)(C)C)n1)c1nc2ccccc2s1. The smallest absolute Gasteiger partial charge is 0.279 e. The number of hydrogen-bond acceptors (Lipinski definition) is 5. The molecular weight excluding hydrogens is 314 g/mol. The third-order valence-corrected chi connectivity index (χ3v) is 5.62. The lowest BCUT2D eigenvalue weighted by Crippen LogP contribution is -2.26. The number of nitrogens with zero attached hydrogens (tertiary/aromatic N) is 3. The molecule has 0 saturated heterocycles. The number of para-hydroxylation sites is 1. The zero-order valence-electron chi connectivity index (χ0n) is 13.0. The highest BCUT2D eigenvalue weighted by molar-refractivity contribution is 7.22. The molecule has 0 N–H and O–H groups in total. The van der Waals surface area contributed by atoms with Gasteiger partial charge >= 0.3 is 0 Å². The summed E-state index contributed by atoms with van der Waals surface area (Å²) in [5, 5.41) is 3.48. The van der Waals surface area contributed by atoms with Crippen molar-refractivity contribution in [3.05, 3.63) is 40.3 Å². The van der Waals surface area contributed by atoms with Crippen LogP contribution in [0, 0.1) is 0 Å². The summed E-state index contributed by atoms with van der Waals surface area (Å²) in [7, 11) is 1.75. The van der Waals surface area contributed by atoms with Crippen molar-refractivity contribution < 1.29 is 4.79 Å². The van der Waals surface area contributed by atoms with Crippen LogP contribution in [-0.2, 0) is 5.41 Å². The predicted octanol–water partition coefficient (Wildman–Crippen LogP) is 4.33. The van der Waals surface area contributed by atoms with E-state index in [-0.39, 0.29) is 11.3 Å². The Bertz CT molecular complexity index is 796. The molecule has 0 fully saturated rings. The van der Waals surface area contributed by atoms with E-state index in [1.165, 1.54) is 22.7 Å². The molecule has 0 atom stereocenters. The molecule has 0 unspecified atom stereocenters. The van der Waals surface area contributed by atoms with Gasteiger partial charge in [-0.3, -0.25) is 9.69 Å². The Morgan fingerprint density at radius 1 is 1.18 bits per heavy atom. The van der Waals surface area contributed by atoms with Crippen LogP contribution < -0.4 is 4.90 Å². The van der Waals surface area contributed by atoms with E-state index in [0.29, 0.717) is 10.8 Å². The Kier molecular flexibility index (Phi) is 3.74. The highest BCUT2D eigenvalue weighted by Gasteiger charge is 2.23. The fraction of sp³-hybridized carbons (Fsp3) is 0.312. The van der Waals surface area contributed by atoms with Gasteiger partial charge in [0, 0.05) is 17.8 Å². The molecule has 0 bridgehead atoms. The van der Waals surface area contributed by atoms with Gasteiger partial charge in [0.05, 0.1) is 15.2 Å². The average Bonchev–Trinajstić information content (AvgIpc) is 3.11. The highest BCUT2D eigenvalue weighted by Crippen LogP contribution is 2.30. The summed E-state index contributed by atoms with van der Waals surface area (Å²) in [4.78, 5) is 23.2. The summed E-state index contributed by atoms with van der Waals surface area (Å²) in [6, 6.07) is 7.88. The molecule has 1 aromatic carbocycles. The number of rotatable bonds is 2. The monoisotopic (exact) mass is 331 g/mol. The zero-order chi connectivity index (χ0) is 15.9. The van der Waals surface area contributed by atoms with Gasteiger partial charge in [0.2, 0.25) is 0 Å². The summed E-state index contributed by atoms with van der Waals surface area (Å²) in [5.74, 6) is -0.120. The summed E-state index contributed by atoms with van der Waals surface area (Å²) in [5.41, 5.74) is 1.35. The Hall–Kier alpha value is -1.79. The molecule has 22 heavy (non-hydrogen) atoms. The topological polar surface area (TPSA) is 46.1 Å². The molecular formula is C16H17N3OS2. The van der Waals surface area contributed by atoms with Crippen LogP contribution >= 0.6 is 22.7 Å². The van der Waals surface area contributed by atoms with Crippen LogP contribution in [0.15, 0.2) is 29.6 Å². The van der Waals surface area contributed by atoms with Gasteiger partial charge in [-0.15, -0.1) is 11.3 Å². The lowest BCUT2D eigenvalue weighted by atomic mass is 9.98. The first-order valence-electron chi connectivity index (χ1n) is 6.96. The number of fused-ring (bicyclic) bond motifs is 1. The Morgan fingerprint density at radius 2 is 1.91 bits per heavy atom. The predicted molar refractivity (Wildman–Crippen MR) is 93.2 cm³/mol. The van der Waals surface area contributed by atoms with Crippen LogP contribution in [0.25, 0.3) is 10.2 Å². The normalized spacial score (nSPS) is 11.8. The fourth-order valence-corrected chi connectivity index (χ4v) is 3.79. The maximum Gasteiger partial charge on any atom is 0.279 e. The van der Waals surface area contributed by atoms with Gasteiger partial charge in [0.1, 0.15) is 5.69 Å². The van der Waals surface area contributed by atoms with E-state index in [4.69, 9.17) is 0 Å². The number of benzene rings is 1. The van der Waals surface area contributed by atoms with Crippen molar-refractivity contribution in [1.82, 2.24) is 9.97 Å². The van der Waals surface area contributed by atoms with Crippen molar-refractivity contribution in [2.75, 3.05) is 11.9 Å². The van der Waals surface area contributed by atoms with Crippen molar-refractivity contribution in [1.29, 1.82) is 0 Å². The van der Waals surface area contributed by atoms with Crippen LogP contribution in [0.1, 0.15) is 36.3 Å². The number of aromatic nitrogens is 2. The molecule has 0 radical (unpaired) electrons. The van der Waals surface area contributed by atoms with Crippen molar-refractivity contribution in [3.8, 4) is 0 Å². The van der Waals surface area contributed by atoms with Crippen molar-refractivity contribution in [3.63, 3.8) is 0 Å². The molecule has 4 nitrogen and oxygen atoms in total. The Balaban J connectivity index is 1.89. The zero-order valence-corrected chi connectivity index (χ0v) is 14.6. The first-order chi connectivity index (χ1) is 10.4. The standard InChI is InChI=1S/C16H17N3OS2/c1-16(2,3)14-17-11(9-21-14)13(20)19(4)15-18-10-7-5-6-8-12(10)22-15/h5-9H,1-4H3. The summed E-state index contributed by atoms with van der Waals surface area (Å²) >= 11 is 3.04. The molecule has 2 heterocycles. The molecule has 0 aliphatic carbocycles. The number of hydrogen-bond donors (Lipinski definition) is 0. The van der Waals surface area contributed by atoms with Crippen molar-refractivity contribution >= 4 is 43.9 Å². The third kappa shape index (κ3) is 2.76. The number of carbonyl (C=O) groups excluding carboxylic acids is 1. The maximum absolute atomic E-state index is 12.6. The maximum atomic E-state index is 12.6. The summed E-state index contributed by atoms with van der Waals surface area (Å²) < 4.78 is 1.07. The number of carbonyl (C=O) groups is 1. The van der Waals surface area contributed by atoms with Crippen LogP contribution in [0.2, 0.25) is 0 Å². The van der Waals surface area contributed by atoms with E-state index >= 15 is 0 Å². The molecule has 0 spiro atoms. The molecule has 2 aromatic heterocycles. The van der Waals surface area contributed by atoms with Gasteiger partial charge in [-0.2, -0.15) is 0 Å². The van der Waals surface area contributed by atoms with Gasteiger partial charge in [-0.05, 0) is 12.1 Å². The minimum absolute atomic E-state index is 0.0440. The third-order valence-electron chi connectivity index (χ3n) is 3.24. The first-order valence-corrected chi connectivity index (χ1v) is 8.65. The van der Waals surface area contributed by atoms with Gasteiger partial charge in [-0.25, -0.2) is 9.97 Å². The van der Waals surface area contributed by atoms with Gasteiger partial charge in [0.15, 0.2) is 5.13 Å².